The molecule has 0 radical (unpaired) electrons. The van der Waals surface area contributed by atoms with Gasteiger partial charge in [0.05, 0.1) is 0 Å². The Labute approximate surface area is 74.0 Å². The van der Waals surface area contributed by atoms with Gasteiger partial charge in [0, 0.05) is 5.41 Å². The Morgan fingerprint density at radius 3 is 1.92 bits per heavy atom. The van der Waals surface area contributed by atoms with Gasteiger partial charge in [-0.2, -0.15) is 0 Å². The maximum absolute atomic E-state index is 2.30. The van der Waals surface area contributed by atoms with E-state index in [4.69, 9.17) is 0 Å². The minimum absolute atomic E-state index is 0.125. The fourth-order valence-corrected chi connectivity index (χ4v) is 1.71. The molecule has 0 bridgehead atoms. The summed E-state index contributed by atoms with van der Waals surface area (Å²) in [5, 5.41) is 0. The lowest BCUT2D eigenvalue weighted by molar-refractivity contribution is 0.774. The molecule has 2 aliphatic carbocycles. The first-order valence-electron chi connectivity index (χ1n) is 4.64. The third kappa shape index (κ3) is 1.42. The molecule has 0 fully saturated rings. The largest absolute Gasteiger partial charge is 0.0870 e. The lowest BCUT2D eigenvalue weighted by Gasteiger charge is -2.17. The maximum Gasteiger partial charge on any atom is 0.0429 e. The monoisotopic (exact) mass is 158 g/mol. The molecule has 0 amide bonds. The van der Waals surface area contributed by atoms with Crippen molar-refractivity contribution in [1.82, 2.24) is 0 Å². The molecule has 0 nitrogen and oxygen atoms in total. The Morgan fingerprint density at radius 1 is 0.750 bits per heavy atom. The lowest BCUT2D eigenvalue weighted by Crippen LogP contribution is -2.05. The first-order valence-corrected chi connectivity index (χ1v) is 4.64. The summed E-state index contributed by atoms with van der Waals surface area (Å²) in [4.78, 5) is 0. The van der Waals surface area contributed by atoms with Crippen molar-refractivity contribution < 1.29 is 0 Å². The number of allylic oxidation sites excluding steroid dienone is 8. The molecule has 0 N–H and O–H groups in total. The van der Waals surface area contributed by atoms with E-state index >= 15 is 0 Å². The summed E-state index contributed by atoms with van der Waals surface area (Å²) in [5.41, 5.74) is 0.125. The van der Waals surface area contributed by atoms with Gasteiger partial charge in [0.25, 0.3) is 0 Å². The predicted molar refractivity (Wildman–Crippen MR) is 52.8 cm³/mol. The van der Waals surface area contributed by atoms with Gasteiger partial charge in [-0.1, -0.05) is 48.6 Å². The molecule has 0 atom stereocenters. The highest BCUT2D eigenvalue weighted by atomic mass is 14.2. The predicted octanol–water partition coefficient (Wildman–Crippen LogP) is 3.40. The second kappa shape index (κ2) is 3.14. The molecular formula is C12H14. The maximum atomic E-state index is 2.30. The Balaban J connectivity index is 2.26. The highest BCUT2D eigenvalue weighted by molar-refractivity contribution is 5.37. The van der Waals surface area contributed by atoms with E-state index in [-0.39, 0.29) is 5.41 Å². The second-order valence-electron chi connectivity index (χ2n) is 3.45. The summed E-state index contributed by atoms with van der Waals surface area (Å²) < 4.78 is 0. The van der Waals surface area contributed by atoms with Crippen LogP contribution < -0.4 is 0 Å². The standard InChI is InChI=1S/C12H14/c1-2-4-8-12(9-5-3-1)10-6-7-11-12/h4-11H,1-3H2/b8-4-,9-5?. The van der Waals surface area contributed by atoms with Gasteiger partial charge >= 0.3 is 0 Å². The average Bonchev–Trinajstić information content (AvgIpc) is 2.47. The second-order valence-corrected chi connectivity index (χ2v) is 3.45. The van der Waals surface area contributed by atoms with Crippen LogP contribution in [0.1, 0.15) is 19.3 Å². The van der Waals surface area contributed by atoms with Gasteiger partial charge in [0.15, 0.2) is 0 Å². The quantitative estimate of drug-likeness (QED) is 0.474. The van der Waals surface area contributed by atoms with Gasteiger partial charge in [-0.3, -0.25) is 0 Å². The summed E-state index contributed by atoms with van der Waals surface area (Å²) in [5.74, 6) is 0. The summed E-state index contributed by atoms with van der Waals surface area (Å²) in [6.07, 6.45) is 21.6. The molecule has 0 unspecified atom stereocenters. The van der Waals surface area contributed by atoms with Crippen LogP contribution in [0.15, 0.2) is 48.6 Å². The molecule has 0 aromatic rings. The molecule has 12 heavy (non-hydrogen) atoms. The van der Waals surface area contributed by atoms with Crippen LogP contribution in [-0.4, -0.2) is 0 Å². The van der Waals surface area contributed by atoms with E-state index in [1.54, 1.807) is 0 Å². The van der Waals surface area contributed by atoms with Crippen LogP contribution in [0.25, 0.3) is 0 Å². The van der Waals surface area contributed by atoms with Crippen molar-refractivity contribution in [2.24, 2.45) is 5.41 Å². The van der Waals surface area contributed by atoms with Crippen LogP contribution in [0, 0.1) is 5.41 Å². The third-order valence-corrected chi connectivity index (χ3v) is 2.44. The van der Waals surface area contributed by atoms with Crippen LogP contribution in [0.5, 0.6) is 0 Å². The van der Waals surface area contributed by atoms with Crippen LogP contribution in [0.4, 0.5) is 0 Å². The molecule has 0 aromatic heterocycles. The zero-order valence-corrected chi connectivity index (χ0v) is 7.24. The Hall–Kier alpha value is -1.04. The SMILES string of the molecule is C1=CC2(C=C1)C=CCCC/C=C\2. The number of hydrogen-bond acceptors (Lipinski definition) is 0. The highest BCUT2D eigenvalue weighted by Gasteiger charge is 2.18. The summed E-state index contributed by atoms with van der Waals surface area (Å²) in [6, 6.07) is 0. The summed E-state index contributed by atoms with van der Waals surface area (Å²) >= 11 is 0. The summed E-state index contributed by atoms with van der Waals surface area (Å²) in [6.45, 7) is 0. The van der Waals surface area contributed by atoms with E-state index in [0.29, 0.717) is 0 Å². The molecule has 0 saturated carbocycles. The first kappa shape index (κ1) is 7.60. The van der Waals surface area contributed by atoms with Crippen molar-refractivity contribution in [3.8, 4) is 0 Å². The highest BCUT2D eigenvalue weighted by Crippen LogP contribution is 2.31. The molecule has 1 spiro atoms. The van der Waals surface area contributed by atoms with E-state index in [1.807, 2.05) is 0 Å². The van der Waals surface area contributed by atoms with E-state index < -0.39 is 0 Å². The average molecular weight is 158 g/mol. The Bertz CT molecular complexity index is 236. The van der Waals surface area contributed by atoms with Gasteiger partial charge in [-0.05, 0) is 19.3 Å². The fourth-order valence-electron chi connectivity index (χ4n) is 1.71. The van der Waals surface area contributed by atoms with Crippen molar-refractivity contribution in [3.63, 3.8) is 0 Å². The topological polar surface area (TPSA) is 0 Å². The summed E-state index contributed by atoms with van der Waals surface area (Å²) in [7, 11) is 0. The van der Waals surface area contributed by atoms with Crippen LogP contribution in [0.2, 0.25) is 0 Å². The molecule has 0 aromatic carbocycles. The lowest BCUT2D eigenvalue weighted by atomic mass is 9.87. The van der Waals surface area contributed by atoms with E-state index in [9.17, 15) is 0 Å². The molecule has 0 heterocycles. The molecule has 0 aliphatic heterocycles. The fraction of sp³-hybridized carbons (Fsp3) is 0.333. The van der Waals surface area contributed by atoms with Crippen molar-refractivity contribution in [2.45, 2.75) is 19.3 Å². The van der Waals surface area contributed by atoms with E-state index in [0.717, 1.165) is 0 Å². The van der Waals surface area contributed by atoms with Gasteiger partial charge in [0.2, 0.25) is 0 Å². The van der Waals surface area contributed by atoms with Gasteiger partial charge in [-0.25, -0.2) is 0 Å². The zero-order valence-electron chi connectivity index (χ0n) is 7.24. The van der Waals surface area contributed by atoms with Gasteiger partial charge in [0.1, 0.15) is 0 Å². The van der Waals surface area contributed by atoms with Crippen LogP contribution >= 0.6 is 0 Å². The molecular weight excluding hydrogens is 144 g/mol. The molecule has 2 aliphatic rings. The van der Waals surface area contributed by atoms with Crippen molar-refractivity contribution >= 4 is 0 Å². The smallest absolute Gasteiger partial charge is 0.0429 e. The van der Waals surface area contributed by atoms with Crippen LogP contribution in [0.3, 0.4) is 0 Å². The minimum atomic E-state index is 0.125. The van der Waals surface area contributed by atoms with Gasteiger partial charge in [-0.15, -0.1) is 0 Å². The molecule has 2 rings (SSSR count). The number of hydrogen-bond donors (Lipinski definition) is 0. The zero-order chi connectivity index (χ0) is 8.28. The minimum Gasteiger partial charge on any atom is -0.0870 e. The Kier molecular flexibility index (Phi) is 1.99. The molecule has 0 saturated heterocycles. The molecule has 0 heteroatoms. The molecule has 62 valence electrons. The Morgan fingerprint density at radius 2 is 1.33 bits per heavy atom. The van der Waals surface area contributed by atoms with Crippen LogP contribution in [-0.2, 0) is 0 Å². The van der Waals surface area contributed by atoms with E-state index in [1.165, 1.54) is 19.3 Å². The van der Waals surface area contributed by atoms with Crippen molar-refractivity contribution in [3.05, 3.63) is 48.6 Å². The van der Waals surface area contributed by atoms with Crippen molar-refractivity contribution in [1.29, 1.82) is 0 Å². The van der Waals surface area contributed by atoms with Crippen molar-refractivity contribution in [2.75, 3.05) is 0 Å². The van der Waals surface area contributed by atoms with Gasteiger partial charge < -0.3 is 0 Å². The third-order valence-electron chi connectivity index (χ3n) is 2.44. The normalized spacial score (nSPS) is 27.3. The van der Waals surface area contributed by atoms with E-state index in [2.05, 4.69) is 48.6 Å². The number of rotatable bonds is 0. The first-order chi connectivity index (χ1) is 5.91.